The lowest BCUT2D eigenvalue weighted by Gasteiger charge is -2.38. The Hall–Kier alpha value is -3.45. The lowest BCUT2D eigenvalue weighted by atomic mass is 9.90. The number of halogens is 2. The zero-order valence-electron chi connectivity index (χ0n) is 18.3. The molecule has 0 spiro atoms. The van der Waals surface area contributed by atoms with Crippen molar-refractivity contribution in [3.8, 4) is 0 Å². The summed E-state index contributed by atoms with van der Waals surface area (Å²) in [7, 11) is 0. The van der Waals surface area contributed by atoms with Gasteiger partial charge in [0.2, 0.25) is 0 Å². The van der Waals surface area contributed by atoms with Crippen LogP contribution >= 0.6 is 0 Å². The molecule has 0 saturated heterocycles. The van der Waals surface area contributed by atoms with Crippen molar-refractivity contribution in [2.24, 2.45) is 0 Å². The van der Waals surface area contributed by atoms with Gasteiger partial charge >= 0.3 is 6.09 Å². The van der Waals surface area contributed by atoms with E-state index in [9.17, 15) is 18.7 Å². The van der Waals surface area contributed by atoms with Crippen LogP contribution < -0.4 is 5.73 Å². The second-order valence-corrected chi connectivity index (χ2v) is 8.52. The van der Waals surface area contributed by atoms with Gasteiger partial charge in [0, 0.05) is 37.9 Å². The molecule has 172 valence electrons. The maximum absolute atomic E-state index is 13.8. The van der Waals surface area contributed by atoms with Gasteiger partial charge in [-0.2, -0.15) is 0 Å². The van der Waals surface area contributed by atoms with Gasteiger partial charge in [-0.25, -0.2) is 13.6 Å². The van der Waals surface area contributed by atoms with E-state index in [1.165, 1.54) is 23.1 Å². The smallest absolute Gasteiger partial charge is 0.407 e. The number of amides is 1. The van der Waals surface area contributed by atoms with Crippen LogP contribution in [0.3, 0.4) is 0 Å². The summed E-state index contributed by atoms with van der Waals surface area (Å²) in [6.07, 6.45) is 0.331. The highest BCUT2D eigenvalue weighted by molar-refractivity contribution is 5.65. The quantitative estimate of drug-likeness (QED) is 0.511. The first-order chi connectivity index (χ1) is 15.9. The highest BCUT2D eigenvalue weighted by atomic mass is 19.1. The molecule has 0 bridgehead atoms. The van der Waals surface area contributed by atoms with Crippen molar-refractivity contribution >= 4 is 11.8 Å². The molecule has 1 heterocycles. The van der Waals surface area contributed by atoms with E-state index in [-0.39, 0.29) is 24.2 Å². The first kappa shape index (κ1) is 22.7. The van der Waals surface area contributed by atoms with E-state index in [0.717, 1.165) is 22.3 Å². The Bertz CT molecular complexity index is 1100. The molecule has 7 heteroatoms. The van der Waals surface area contributed by atoms with Crippen LogP contribution in [-0.4, -0.2) is 40.1 Å². The zero-order chi connectivity index (χ0) is 23.4. The maximum atomic E-state index is 13.8. The highest BCUT2D eigenvalue weighted by Gasteiger charge is 2.27. The maximum Gasteiger partial charge on any atom is 0.407 e. The highest BCUT2D eigenvalue weighted by Crippen LogP contribution is 2.26. The molecule has 5 nitrogen and oxygen atoms in total. The lowest BCUT2D eigenvalue weighted by molar-refractivity contribution is 0.116. The summed E-state index contributed by atoms with van der Waals surface area (Å²) in [4.78, 5) is 15.5. The third-order valence-corrected chi connectivity index (χ3v) is 6.18. The molecular formula is C26H27F2N3O2. The number of nitrogens with zero attached hydrogens (tertiary/aromatic N) is 2. The van der Waals surface area contributed by atoms with Gasteiger partial charge < -0.3 is 15.7 Å². The van der Waals surface area contributed by atoms with Crippen molar-refractivity contribution in [2.45, 2.75) is 32.0 Å². The van der Waals surface area contributed by atoms with Crippen molar-refractivity contribution in [2.75, 3.05) is 18.8 Å². The molecule has 3 aromatic rings. The Morgan fingerprint density at radius 3 is 2.33 bits per heavy atom. The molecule has 1 aliphatic rings. The Morgan fingerprint density at radius 1 is 0.970 bits per heavy atom. The largest absolute Gasteiger partial charge is 0.465 e. The van der Waals surface area contributed by atoms with Gasteiger partial charge in [0.15, 0.2) is 0 Å². The van der Waals surface area contributed by atoms with Crippen LogP contribution in [0.25, 0.3) is 0 Å². The number of benzene rings is 3. The first-order valence-electron chi connectivity index (χ1n) is 11.0. The molecule has 33 heavy (non-hydrogen) atoms. The standard InChI is InChI=1S/C26H27F2N3O2/c27-22-6-1-18(2-7-22)13-25-15-21-14-23(28)8-5-20(21)17-30(25)11-12-31(26(32)33)16-19-3-9-24(29)10-4-19/h1-10,14,25H,11-13,15-17,29H2,(H,32,33). The van der Waals surface area contributed by atoms with Crippen molar-refractivity contribution in [3.63, 3.8) is 0 Å². The molecule has 1 atom stereocenters. The summed E-state index contributed by atoms with van der Waals surface area (Å²) in [5.41, 5.74) is 10.2. The summed E-state index contributed by atoms with van der Waals surface area (Å²) >= 11 is 0. The van der Waals surface area contributed by atoms with Crippen LogP contribution in [0.1, 0.15) is 22.3 Å². The zero-order valence-corrected chi connectivity index (χ0v) is 18.3. The summed E-state index contributed by atoms with van der Waals surface area (Å²) in [6, 6.07) is 18.5. The van der Waals surface area contributed by atoms with Crippen LogP contribution in [0.15, 0.2) is 66.7 Å². The van der Waals surface area contributed by atoms with Crippen LogP contribution in [0, 0.1) is 11.6 Å². The van der Waals surface area contributed by atoms with Crippen molar-refractivity contribution in [3.05, 3.63) is 101 Å². The van der Waals surface area contributed by atoms with Gasteiger partial charge in [-0.05, 0) is 71.5 Å². The number of hydrogen-bond acceptors (Lipinski definition) is 3. The van der Waals surface area contributed by atoms with Gasteiger partial charge in [0.25, 0.3) is 0 Å². The Morgan fingerprint density at radius 2 is 1.64 bits per heavy atom. The van der Waals surface area contributed by atoms with E-state index >= 15 is 0 Å². The molecule has 0 radical (unpaired) electrons. The second-order valence-electron chi connectivity index (χ2n) is 8.52. The number of fused-ring (bicyclic) bond motifs is 1. The van der Waals surface area contributed by atoms with Gasteiger partial charge in [-0.1, -0.05) is 30.3 Å². The molecule has 0 aliphatic carbocycles. The number of anilines is 1. The molecule has 4 rings (SSSR count). The molecule has 1 amide bonds. The number of nitrogen functional groups attached to an aromatic ring is 1. The fourth-order valence-corrected chi connectivity index (χ4v) is 4.36. The molecule has 0 saturated carbocycles. The van der Waals surface area contributed by atoms with Crippen LogP contribution in [0.4, 0.5) is 19.3 Å². The number of rotatable bonds is 7. The van der Waals surface area contributed by atoms with Crippen LogP contribution in [-0.2, 0) is 25.9 Å². The van der Waals surface area contributed by atoms with Crippen molar-refractivity contribution in [1.82, 2.24) is 9.80 Å². The number of hydrogen-bond donors (Lipinski definition) is 2. The van der Waals surface area contributed by atoms with E-state index in [2.05, 4.69) is 4.90 Å². The topological polar surface area (TPSA) is 69.8 Å². The molecule has 1 aliphatic heterocycles. The van der Waals surface area contributed by atoms with E-state index in [1.807, 2.05) is 12.1 Å². The fraction of sp³-hybridized carbons (Fsp3) is 0.269. The average molecular weight is 452 g/mol. The number of nitrogens with two attached hydrogens (primary N) is 1. The second kappa shape index (κ2) is 10.0. The molecule has 0 fully saturated rings. The summed E-state index contributed by atoms with van der Waals surface area (Å²) < 4.78 is 27.2. The molecule has 1 unspecified atom stereocenters. The summed E-state index contributed by atoms with van der Waals surface area (Å²) in [5.74, 6) is -0.547. The van der Waals surface area contributed by atoms with Gasteiger partial charge in [-0.3, -0.25) is 4.90 Å². The van der Waals surface area contributed by atoms with E-state index < -0.39 is 6.09 Å². The number of carboxylic acid groups (broad SMARTS) is 1. The third kappa shape index (κ3) is 5.87. The van der Waals surface area contributed by atoms with Crippen molar-refractivity contribution in [1.29, 1.82) is 0 Å². The van der Waals surface area contributed by atoms with Crippen molar-refractivity contribution < 1.29 is 18.7 Å². The molecule has 3 aromatic carbocycles. The van der Waals surface area contributed by atoms with Gasteiger partial charge in [0.1, 0.15) is 11.6 Å². The minimum absolute atomic E-state index is 0.0527. The van der Waals surface area contributed by atoms with E-state index in [1.54, 1.807) is 36.4 Å². The Labute approximate surface area is 192 Å². The predicted octanol–water partition coefficient (Wildman–Crippen LogP) is 4.70. The Balaban J connectivity index is 1.50. The van der Waals surface area contributed by atoms with Crippen LogP contribution in [0.2, 0.25) is 0 Å². The SMILES string of the molecule is Nc1ccc(CN(CCN2Cc3ccc(F)cc3CC2Cc2ccc(F)cc2)C(=O)O)cc1. The molecular weight excluding hydrogens is 424 g/mol. The average Bonchev–Trinajstić information content (AvgIpc) is 2.79. The van der Waals surface area contributed by atoms with Gasteiger partial charge in [-0.15, -0.1) is 0 Å². The Kier molecular flexibility index (Phi) is 6.89. The molecule has 0 aromatic heterocycles. The van der Waals surface area contributed by atoms with E-state index in [4.69, 9.17) is 5.73 Å². The third-order valence-electron chi connectivity index (χ3n) is 6.18. The van der Waals surface area contributed by atoms with Crippen LogP contribution in [0.5, 0.6) is 0 Å². The number of carbonyl (C=O) groups is 1. The fourth-order valence-electron chi connectivity index (χ4n) is 4.36. The minimum Gasteiger partial charge on any atom is -0.465 e. The first-order valence-corrected chi connectivity index (χ1v) is 11.0. The monoisotopic (exact) mass is 451 g/mol. The normalized spacial score (nSPS) is 15.8. The summed E-state index contributed by atoms with van der Waals surface area (Å²) in [6.45, 7) is 1.74. The molecule has 3 N–H and O–H groups in total. The van der Waals surface area contributed by atoms with Gasteiger partial charge in [0.05, 0.1) is 0 Å². The van der Waals surface area contributed by atoms with E-state index in [0.29, 0.717) is 38.2 Å². The lowest BCUT2D eigenvalue weighted by Crippen LogP contribution is -2.46. The summed E-state index contributed by atoms with van der Waals surface area (Å²) in [5, 5.41) is 9.74. The minimum atomic E-state index is -0.985. The predicted molar refractivity (Wildman–Crippen MR) is 124 cm³/mol.